The van der Waals surface area contributed by atoms with Crippen molar-refractivity contribution in [2.24, 2.45) is 0 Å². The van der Waals surface area contributed by atoms with Crippen LogP contribution in [-0.2, 0) is 0 Å². The van der Waals surface area contributed by atoms with E-state index >= 15 is 0 Å². The number of aromatic nitrogens is 2. The number of anilines is 2. The highest BCUT2D eigenvalue weighted by atomic mass is 79.9. The largest absolute Gasteiger partial charge is 0.323 e. The average molecular weight is 443 g/mol. The summed E-state index contributed by atoms with van der Waals surface area (Å²) in [5, 5.41) is 5.13. The number of pyridine rings is 1. The van der Waals surface area contributed by atoms with Crippen LogP contribution in [0.5, 0.6) is 0 Å². The molecule has 2 aromatic carbocycles. The number of amides is 2. The van der Waals surface area contributed by atoms with E-state index in [0.29, 0.717) is 5.69 Å². The van der Waals surface area contributed by atoms with Crippen LogP contribution < -0.4 is 10.6 Å². The van der Waals surface area contributed by atoms with E-state index in [1.165, 1.54) is 6.07 Å². The second-order valence-electron chi connectivity index (χ2n) is 6.03. The van der Waals surface area contributed by atoms with Crippen molar-refractivity contribution in [2.75, 3.05) is 10.6 Å². The second kappa shape index (κ2) is 7.40. The molecule has 0 radical (unpaired) electrons. The molecular weight excluding hydrogens is 430 g/mol. The number of urea groups is 1. The smallest absolute Gasteiger partial charge is 0.308 e. The Labute approximate surface area is 167 Å². The number of nitrogens with zero attached hydrogens (tertiary/aromatic N) is 2. The second-order valence-corrected chi connectivity index (χ2v) is 6.94. The van der Waals surface area contributed by atoms with Gasteiger partial charge in [-0.3, -0.25) is 0 Å². The van der Waals surface area contributed by atoms with Crippen LogP contribution in [0.25, 0.3) is 16.9 Å². The zero-order valence-corrected chi connectivity index (χ0v) is 15.9. The molecule has 0 aliphatic carbocycles. The Bertz CT molecular complexity index is 1190. The summed E-state index contributed by atoms with van der Waals surface area (Å²) in [5.41, 5.74) is 3.06. The van der Waals surface area contributed by atoms with Gasteiger partial charge in [0.15, 0.2) is 11.6 Å². The lowest BCUT2D eigenvalue weighted by atomic mass is 10.1. The molecule has 2 heterocycles. The van der Waals surface area contributed by atoms with Crippen LogP contribution in [0, 0.1) is 11.6 Å². The van der Waals surface area contributed by atoms with Gasteiger partial charge < -0.3 is 15.0 Å². The van der Waals surface area contributed by atoms with E-state index in [0.717, 1.165) is 33.5 Å². The third-order valence-corrected chi connectivity index (χ3v) is 4.48. The molecular formula is C20H13BrF2N4O. The third-order valence-electron chi connectivity index (χ3n) is 4.01. The third kappa shape index (κ3) is 3.86. The fraction of sp³-hybridized carbons (Fsp3) is 0. The molecule has 0 fully saturated rings. The van der Waals surface area contributed by atoms with Crippen LogP contribution in [0.1, 0.15) is 0 Å². The highest BCUT2D eigenvalue weighted by Crippen LogP contribution is 2.24. The van der Waals surface area contributed by atoms with Gasteiger partial charge in [0.25, 0.3) is 0 Å². The van der Waals surface area contributed by atoms with E-state index in [9.17, 15) is 13.6 Å². The van der Waals surface area contributed by atoms with E-state index in [2.05, 4.69) is 31.5 Å². The number of carbonyl (C=O) groups is 1. The molecule has 2 N–H and O–H groups in total. The predicted octanol–water partition coefficient (Wildman–Crippen LogP) is 5.69. The normalized spacial score (nSPS) is 10.8. The van der Waals surface area contributed by atoms with Gasteiger partial charge in [-0.15, -0.1) is 0 Å². The van der Waals surface area contributed by atoms with Gasteiger partial charge in [-0.05, 0) is 52.3 Å². The van der Waals surface area contributed by atoms with Crippen molar-refractivity contribution in [2.45, 2.75) is 0 Å². The molecule has 4 rings (SSSR count). The predicted molar refractivity (Wildman–Crippen MR) is 107 cm³/mol. The molecule has 5 nitrogen and oxygen atoms in total. The number of benzene rings is 2. The summed E-state index contributed by atoms with van der Waals surface area (Å²) in [6.07, 6.45) is 3.80. The maximum atomic E-state index is 13.3. The first-order valence-electron chi connectivity index (χ1n) is 8.26. The topological polar surface area (TPSA) is 58.4 Å². The van der Waals surface area contributed by atoms with Crippen molar-refractivity contribution in [1.82, 2.24) is 9.38 Å². The summed E-state index contributed by atoms with van der Waals surface area (Å²) in [7, 11) is 0. The van der Waals surface area contributed by atoms with Gasteiger partial charge in [-0.25, -0.2) is 18.6 Å². The van der Waals surface area contributed by atoms with E-state index in [1.807, 2.05) is 35.0 Å². The standard InChI is InChI=1S/C20H13BrF2N4O/c21-13-4-7-19-26-18(11-27(19)10-13)12-2-1-3-14(8-12)24-20(28)25-15-5-6-16(22)17(23)9-15/h1-11H,(H2,24,25,28). The first-order chi connectivity index (χ1) is 13.5. The molecule has 4 aromatic rings. The summed E-state index contributed by atoms with van der Waals surface area (Å²) in [6.45, 7) is 0. The zero-order chi connectivity index (χ0) is 19.7. The molecule has 0 aliphatic rings. The lowest BCUT2D eigenvalue weighted by molar-refractivity contribution is 0.262. The lowest BCUT2D eigenvalue weighted by Gasteiger charge is -2.09. The first kappa shape index (κ1) is 18.1. The van der Waals surface area contributed by atoms with Gasteiger partial charge >= 0.3 is 6.03 Å². The fourth-order valence-corrected chi connectivity index (χ4v) is 3.08. The van der Waals surface area contributed by atoms with Crippen LogP contribution in [0.2, 0.25) is 0 Å². The van der Waals surface area contributed by atoms with Crippen LogP contribution in [0.15, 0.2) is 71.5 Å². The lowest BCUT2D eigenvalue weighted by Crippen LogP contribution is -2.19. The average Bonchev–Trinajstić information content (AvgIpc) is 3.08. The summed E-state index contributed by atoms with van der Waals surface area (Å²) in [5.74, 6) is -2.00. The highest BCUT2D eigenvalue weighted by Gasteiger charge is 2.09. The van der Waals surface area contributed by atoms with Crippen molar-refractivity contribution in [3.8, 4) is 11.3 Å². The van der Waals surface area contributed by atoms with Crippen molar-refractivity contribution < 1.29 is 13.6 Å². The van der Waals surface area contributed by atoms with Crippen LogP contribution in [-0.4, -0.2) is 15.4 Å². The van der Waals surface area contributed by atoms with Gasteiger partial charge in [-0.1, -0.05) is 12.1 Å². The molecule has 0 unspecified atom stereocenters. The number of fused-ring (bicyclic) bond motifs is 1. The summed E-state index contributed by atoms with van der Waals surface area (Å²) in [4.78, 5) is 16.7. The highest BCUT2D eigenvalue weighted by molar-refractivity contribution is 9.10. The maximum absolute atomic E-state index is 13.3. The fourth-order valence-electron chi connectivity index (χ4n) is 2.73. The molecule has 2 aromatic heterocycles. The number of imidazole rings is 1. The first-order valence-corrected chi connectivity index (χ1v) is 9.05. The Morgan fingerprint density at radius 1 is 0.929 bits per heavy atom. The number of halogens is 3. The van der Waals surface area contributed by atoms with Gasteiger partial charge in [-0.2, -0.15) is 0 Å². The van der Waals surface area contributed by atoms with Crippen molar-refractivity contribution in [3.05, 3.63) is 83.1 Å². The van der Waals surface area contributed by atoms with Gasteiger partial charge in [0.05, 0.1) is 5.69 Å². The van der Waals surface area contributed by atoms with Crippen molar-refractivity contribution >= 4 is 39.0 Å². The molecule has 2 amide bonds. The molecule has 28 heavy (non-hydrogen) atoms. The number of nitrogens with one attached hydrogen (secondary N) is 2. The van der Waals surface area contributed by atoms with Gasteiger partial charge in [0.1, 0.15) is 5.65 Å². The Morgan fingerprint density at radius 3 is 2.50 bits per heavy atom. The van der Waals surface area contributed by atoms with Crippen LogP contribution in [0.4, 0.5) is 25.0 Å². The number of rotatable bonds is 3. The zero-order valence-electron chi connectivity index (χ0n) is 14.3. The van der Waals surface area contributed by atoms with Crippen molar-refractivity contribution in [3.63, 3.8) is 0 Å². The molecule has 8 heteroatoms. The summed E-state index contributed by atoms with van der Waals surface area (Å²) < 4.78 is 29.1. The molecule has 0 aliphatic heterocycles. The molecule has 0 saturated heterocycles. The molecule has 0 spiro atoms. The van der Waals surface area contributed by atoms with Gasteiger partial charge in [0, 0.05) is 39.9 Å². The minimum atomic E-state index is -1.03. The van der Waals surface area contributed by atoms with Crippen LogP contribution in [0.3, 0.4) is 0 Å². The summed E-state index contributed by atoms with van der Waals surface area (Å²) >= 11 is 3.42. The van der Waals surface area contributed by atoms with Crippen molar-refractivity contribution in [1.29, 1.82) is 0 Å². The van der Waals surface area contributed by atoms with Crippen LogP contribution >= 0.6 is 15.9 Å². The van der Waals surface area contributed by atoms with Gasteiger partial charge in [0.2, 0.25) is 0 Å². The number of hydrogen-bond acceptors (Lipinski definition) is 2. The maximum Gasteiger partial charge on any atom is 0.323 e. The Hall–Kier alpha value is -3.26. The molecule has 0 saturated carbocycles. The number of hydrogen-bond donors (Lipinski definition) is 2. The van der Waals surface area contributed by atoms with E-state index in [1.54, 1.807) is 18.2 Å². The Balaban J connectivity index is 1.52. The number of carbonyl (C=O) groups excluding carboxylic acids is 1. The monoisotopic (exact) mass is 442 g/mol. The Kier molecular flexibility index (Phi) is 4.79. The molecule has 140 valence electrons. The van der Waals surface area contributed by atoms with E-state index < -0.39 is 17.7 Å². The SMILES string of the molecule is O=C(Nc1cccc(-c2cn3cc(Br)ccc3n2)c1)Nc1ccc(F)c(F)c1. The minimum Gasteiger partial charge on any atom is -0.308 e. The summed E-state index contributed by atoms with van der Waals surface area (Å²) in [6, 6.07) is 13.6. The van der Waals surface area contributed by atoms with E-state index in [4.69, 9.17) is 0 Å². The van der Waals surface area contributed by atoms with E-state index in [-0.39, 0.29) is 5.69 Å². The quantitative estimate of drug-likeness (QED) is 0.428. The Morgan fingerprint density at radius 2 is 1.71 bits per heavy atom. The molecule has 0 bridgehead atoms. The minimum absolute atomic E-state index is 0.151. The molecule has 0 atom stereocenters.